The normalized spacial score (nSPS) is 14.3. The Morgan fingerprint density at radius 2 is 1.96 bits per heavy atom. The van der Waals surface area contributed by atoms with Gasteiger partial charge in [-0.1, -0.05) is 12.1 Å². The highest BCUT2D eigenvalue weighted by atomic mass is 16.5. The van der Waals surface area contributed by atoms with Gasteiger partial charge in [-0.15, -0.1) is 0 Å². The molecular weight excluding hydrogens is 356 g/mol. The molecule has 7 heteroatoms. The molecule has 1 fully saturated rings. The molecule has 0 atom stereocenters. The van der Waals surface area contributed by atoms with Gasteiger partial charge in [-0.3, -0.25) is 9.88 Å². The van der Waals surface area contributed by atoms with Crippen LogP contribution in [0.4, 0.5) is 5.82 Å². The number of likely N-dealkylation sites (tertiary alicyclic amines) is 1. The molecule has 0 unspecified atom stereocenters. The Kier molecular flexibility index (Phi) is 7.37. The molecule has 2 aromatic rings. The lowest BCUT2D eigenvalue weighted by molar-refractivity contribution is -0.134. The van der Waals surface area contributed by atoms with Crippen LogP contribution in [-0.4, -0.2) is 54.2 Å². The fourth-order valence-electron chi connectivity index (χ4n) is 2.97. The number of carbonyl (C=O) groups is 1. The number of hydrogen-bond acceptors (Lipinski definition) is 7. The second kappa shape index (κ2) is 10.4. The molecule has 0 radical (unpaired) electrons. The quantitative estimate of drug-likeness (QED) is 0.406. The van der Waals surface area contributed by atoms with E-state index < -0.39 is 5.97 Å². The van der Waals surface area contributed by atoms with Crippen LogP contribution in [0.1, 0.15) is 24.1 Å². The van der Waals surface area contributed by atoms with Crippen LogP contribution in [0.25, 0.3) is 6.08 Å². The maximum atomic E-state index is 11.1. The molecule has 1 aliphatic rings. The number of nitrogens with one attached hydrogen (secondary N) is 1. The van der Waals surface area contributed by atoms with E-state index in [2.05, 4.69) is 37.1 Å². The predicted molar refractivity (Wildman–Crippen MR) is 108 cm³/mol. The van der Waals surface area contributed by atoms with Gasteiger partial charge in [-0.05, 0) is 49.7 Å². The van der Waals surface area contributed by atoms with Gasteiger partial charge in [-0.25, -0.2) is 9.78 Å². The lowest BCUT2D eigenvalue weighted by atomic mass is 10.2. The van der Waals surface area contributed by atoms with Crippen molar-refractivity contribution in [3.05, 3.63) is 54.0 Å². The number of methoxy groups -OCH3 is 1. The zero-order valence-corrected chi connectivity index (χ0v) is 16.1. The van der Waals surface area contributed by atoms with Crippen molar-refractivity contribution in [2.45, 2.75) is 19.4 Å². The molecule has 1 aliphatic heterocycles. The van der Waals surface area contributed by atoms with E-state index in [0.29, 0.717) is 24.7 Å². The summed E-state index contributed by atoms with van der Waals surface area (Å²) in [5.41, 5.74) is 1.91. The minimum atomic E-state index is -0.426. The van der Waals surface area contributed by atoms with E-state index in [1.54, 1.807) is 18.5 Å². The topological polar surface area (TPSA) is 76.6 Å². The summed E-state index contributed by atoms with van der Waals surface area (Å²) in [6, 6.07) is 8.31. The van der Waals surface area contributed by atoms with Gasteiger partial charge in [0.1, 0.15) is 18.2 Å². The summed E-state index contributed by atoms with van der Waals surface area (Å²) < 4.78 is 10.3. The van der Waals surface area contributed by atoms with Crippen molar-refractivity contribution in [1.82, 2.24) is 14.9 Å². The maximum absolute atomic E-state index is 11.1. The third-order valence-corrected chi connectivity index (χ3v) is 4.47. The van der Waals surface area contributed by atoms with Crippen molar-refractivity contribution in [1.29, 1.82) is 0 Å². The number of carbonyl (C=O) groups excluding carboxylic acids is 1. The minimum Gasteiger partial charge on any atom is -0.492 e. The standard InChI is InChI=1S/C21H26N4O3/c1-27-21(26)9-6-18-14-24-20(15-23-18)22-10-13-28-19-7-4-17(5-8-19)16-25-11-2-3-12-25/h4-9,14-15H,2-3,10-13,16H2,1H3,(H,22,24). The molecule has 0 spiro atoms. The molecule has 1 N–H and O–H groups in total. The summed E-state index contributed by atoms with van der Waals surface area (Å²) in [7, 11) is 1.33. The molecular formula is C21H26N4O3. The van der Waals surface area contributed by atoms with Gasteiger partial charge in [0.05, 0.1) is 31.7 Å². The number of anilines is 1. The number of nitrogens with zero attached hydrogens (tertiary/aromatic N) is 3. The van der Waals surface area contributed by atoms with Crippen LogP contribution in [0.2, 0.25) is 0 Å². The van der Waals surface area contributed by atoms with Crippen LogP contribution in [0.3, 0.4) is 0 Å². The van der Waals surface area contributed by atoms with Crippen LogP contribution in [-0.2, 0) is 16.1 Å². The summed E-state index contributed by atoms with van der Waals surface area (Å²) in [4.78, 5) is 22.0. The number of hydrogen-bond donors (Lipinski definition) is 1. The fourth-order valence-corrected chi connectivity index (χ4v) is 2.97. The van der Waals surface area contributed by atoms with Crippen LogP contribution in [0, 0.1) is 0 Å². The van der Waals surface area contributed by atoms with Crippen molar-refractivity contribution in [2.24, 2.45) is 0 Å². The first kappa shape index (κ1) is 19.8. The highest BCUT2D eigenvalue weighted by molar-refractivity contribution is 5.86. The summed E-state index contributed by atoms with van der Waals surface area (Å²) in [5, 5.41) is 3.16. The van der Waals surface area contributed by atoms with Crippen molar-refractivity contribution in [2.75, 3.05) is 38.7 Å². The van der Waals surface area contributed by atoms with Crippen LogP contribution in [0.5, 0.6) is 5.75 Å². The van der Waals surface area contributed by atoms with Crippen LogP contribution >= 0.6 is 0 Å². The molecule has 0 bridgehead atoms. The molecule has 2 heterocycles. The molecule has 1 aromatic carbocycles. The third-order valence-electron chi connectivity index (χ3n) is 4.47. The molecule has 0 amide bonds. The SMILES string of the molecule is COC(=O)C=Cc1cnc(NCCOc2ccc(CN3CCCC3)cc2)cn1. The predicted octanol–water partition coefficient (Wildman–Crippen LogP) is 2.75. The van der Waals surface area contributed by atoms with Gasteiger partial charge in [0.25, 0.3) is 0 Å². The Morgan fingerprint density at radius 3 is 2.64 bits per heavy atom. The Balaban J connectivity index is 1.37. The van der Waals surface area contributed by atoms with Crippen LogP contribution in [0.15, 0.2) is 42.7 Å². The number of rotatable bonds is 9. The lowest BCUT2D eigenvalue weighted by Crippen LogP contribution is -2.18. The van der Waals surface area contributed by atoms with Crippen LogP contribution < -0.4 is 10.1 Å². The van der Waals surface area contributed by atoms with E-state index in [1.165, 1.54) is 44.7 Å². The molecule has 0 aliphatic carbocycles. The number of ether oxygens (including phenoxy) is 2. The average Bonchev–Trinajstić information content (AvgIpc) is 3.24. The van der Waals surface area contributed by atoms with E-state index in [0.717, 1.165) is 12.3 Å². The zero-order chi connectivity index (χ0) is 19.6. The number of esters is 1. The van der Waals surface area contributed by atoms with Gasteiger partial charge in [0, 0.05) is 12.6 Å². The number of aromatic nitrogens is 2. The van der Waals surface area contributed by atoms with E-state index in [4.69, 9.17) is 4.74 Å². The van der Waals surface area contributed by atoms with Crippen molar-refractivity contribution in [3.63, 3.8) is 0 Å². The van der Waals surface area contributed by atoms with E-state index in [9.17, 15) is 4.79 Å². The molecule has 28 heavy (non-hydrogen) atoms. The highest BCUT2D eigenvalue weighted by Crippen LogP contribution is 2.16. The smallest absolute Gasteiger partial charge is 0.330 e. The molecule has 7 nitrogen and oxygen atoms in total. The van der Waals surface area contributed by atoms with Gasteiger partial charge >= 0.3 is 5.97 Å². The summed E-state index contributed by atoms with van der Waals surface area (Å²) >= 11 is 0. The van der Waals surface area contributed by atoms with Gasteiger partial charge in [0.15, 0.2) is 0 Å². The van der Waals surface area contributed by atoms with Gasteiger partial charge in [0.2, 0.25) is 0 Å². The largest absolute Gasteiger partial charge is 0.492 e. The minimum absolute atomic E-state index is 0.426. The van der Waals surface area contributed by atoms with E-state index >= 15 is 0 Å². The molecule has 3 rings (SSSR count). The van der Waals surface area contributed by atoms with E-state index in [-0.39, 0.29) is 0 Å². The monoisotopic (exact) mass is 382 g/mol. The first-order chi connectivity index (χ1) is 13.7. The summed E-state index contributed by atoms with van der Waals surface area (Å²) in [6.07, 6.45) is 8.68. The fraction of sp³-hybridized carbons (Fsp3) is 0.381. The van der Waals surface area contributed by atoms with E-state index in [1.807, 2.05) is 12.1 Å². The first-order valence-electron chi connectivity index (χ1n) is 9.49. The Labute approximate surface area is 165 Å². The highest BCUT2D eigenvalue weighted by Gasteiger charge is 2.11. The van der Waals surface area contributed by atoms with Crippen molar-refractivity contribution < 1.29 is 14.3 Å². The molecule has 1 aromatic heterocycles. The lowest BCUT2D eigenvalue weighted by Gasteiger charge is -2.15. The molecule has 148 valence electrons. The van der Waals surface area contributed by atoms with Crippen molar-refractivity contribution in [3.8, 4) is 5.75 Å². The summed E-state index contributed by atoms with van der Waals surface area (Å²) in [6.45, 7) is 4.56. The second-order valence-electron chi connectivity index (χ2n) is 6.59. The third kappa shape index (κ3) is 6.35. The Hall–Kier alpha value is -2.93. The summed E-state index contributed by atoms with van der Waals surface area (Å²) in [5.74, 6) is 1.09. The van der Waals surface area contributed by atoms with Crippen molar-refractivity contribution >= 4 is 17.9 Å². The Morgan fingerprint density at radius 1 is 1.18 bits per heavy atom. The second-order valence-corrected chi connectivity index (χ2v) is 6.59. The number of benzene rings is 1. The molecule has 0 saturated carbocycles. The first-order valence-corrected chi connectivity index (χ1v) is 9.49. The van der Waals surface area contributed by atoms with Gasteiger partial charge < -0.3 is 14.8 Å². The average molecular weight is 382 g/mol. The van der Waals surface area contributed by atoms with Gasteiger partial charge in [-0.2, -0.15) is 0 Å². The zero-order valence-electron chi connectivity index (χ0n) is 16.1. The Bertz CT molecular complexity index is 769. The maximum Gasteiger partial charge on any atom is 0.330 e. The molecule has 1 saturated heterocycles.